The van der Waals surface area contributed by atoms with Gasteiger partial charge in [-0.2, -0.15) is 0 Å². The van der Waals surface area contributed by atoms with E-state index >= 15 is 0 Å². The van der Waals surface area contributed by atoms with Gasteiger partial charge in [0.2, 0.25) is 0 Å². The summed E-state index contributed by atoms with van der Waals surface area (Å²) in [5.41, 5.74) is 3.12. The molecule has 1 aliphatic rings. The third-order valence-electron chi connectivity index (χ3n) is 6.35. The highest BCUT2D eigenvalue weighted by atomic mass is 32.2. The van der Waals surface area contributed by atoms with Gasteiger partial charge < -0.3 is 9.47 Å². The molecule has 1 atom stereocenters. The summed E-state index contributed by atoms with van der Waals surface area (Å²) in [6.07, 6.45) is 3.94. The van der Waals surface area contributed by atoms with Crippen molar-refractivity contribution in [1.29, 1.82) is 0 Å². The number of carbonyl (C=O) groups is 1. The van der Waals surface area contributed by atoms with Crippen LogP contribution < -0.4 is 19.6 Å². The lowest BCUT2D eigenvalue weighted by Crippen LogP contribution is -2.40. The summed E-state index contributed by atoms with van der Waals surface area (Å²) < 4.78 is 13.4. The Labute approximate surface area is 241 Å². The molecule has 1 aromatic heterocycles. The molecule has 0 N–H and O–H groups in total. The van der Waals surface area contributed by atoms with E-state index < -0.39 is 12.0 Å². The van der Waals surface area contributed by atoms with Gasteiger partial charge in [0.15, 0.2) is 4.80 Å². The van der Waals surface area contributed by atoms with Crippen LogP contribution in [0.4, 0.5) is 0 Å². The molecule has 0 radical (unpaired) electrons. The summed E-state index contributed by atoms with van der Waals surface area (Å²) in [4.78, 5) is 34.0. The maximum absolute atomic E-state index is 14.0. The van der Waals surface area contributed by atoms with Crippen LogP contribution >= 0.6 is 23.1 Å². The Kier molecular flexibility index (Phi) is 8.38. The Morgan fingerprint density at radius 2 is 1.75 bits per heavy atom. The van der Waals surface area contributed by atoms with Crippen LogP contribution in [0.2, 0.25) is 0 Å². The Hall–Kier alpha value is -3.88. The molecule has 2 heterocycles. The third kappa shape index (κ3) is 5.69. The third-order valence-corrected chi connectivity index (χ3v) is 8.08. The van der Waals surface area contributed by atoms with Crippen molar-refractivity contribution in [3.8, 4) is 5.75 Å². The number of benzene rings is 3. The van der Waals surface area contributed by atoms with Crippen molar-refractivity contribution >= 4 is 40.8 Å². The molecule has 0 fully saturated rings. The van der Waals surface area contributed by atoms with Gasteiger partial charge in [0.05, 0.1) is 34.6 Å². The Bertz CT molecular complexity index is 1720. The SMILES string of the molecule is CCOC(=O)C1=C(c2ccccc2)N=c2s/c(=C\c3ccc(OC(C)C)cc3)c(=O)n2[C@@H]1c1ccc(SC)cc1. The summed E-state index contributed by atoms with van der Waals surface area (Å²) in [6.45, 7) is 5.95. The maximum Gasteiger partial charge on any atom is 0.338 e. The van der Waals surface area contributed by atoms with Crippen LogP contribution in [0.5, 0.6) is 5.75 Å². The van der Waals surface area contributed by atoms with Crippen LogP contribution in [0, 0.1) is 0 Å². The molecule has 1 aliphatic heterocycles. The molecule has 204 valence electrons. The zero-order valence-electron chi connectivity index (χ0n) is 22.8. The number of thioether (sulfide) groups is 1. The van der Waals surface area contributed by atoms with Crippen LogP contribution in [-0.2, 0) is 9.53 Å². The second-order valence-corrected chi connectivity index (χ2v) is 11.3. The van der Waals surface area contributed by atoms with Crippen molar-refractivity contribution in [2.24, 2.45) is 4.99 Å². The van der Waals surface area contributed by atoms with Gasteiger partial charge in [-0.05, 0) is 68.5 Å². The van der Waals surface area contributed by atoms with Gasteiger partial charge in [0.25, 0.3) is 5.56 Å². The summed E-state index contributed by atoms with van der Waals surface area (Å²) in [7, 11) is 0. The van der Waals surface area contributed by atoms with E-state index in [1.165, 1.54) is 11.3 Å². The number of hydrogen-bond acceptors (Lipinski definition) is 7. The van der Waals surface area contributed by atoms with E-state index in [0.717, 1.165) is 27.3 Å². The molecule has 0 amide bonds. The predicted molar refractivity (Wildman–Crippen MR) is 161 cm³/mol. The highest BCUT2D eigenvalue weighted by Gasteiger charge is 2.35. The lowest BCUT2D eigenvalue weighted by Gasteiger charge is -2.26. The van der Waals surface area contributed by atoms with Crippen molar-refractivity contribution in [3.05, 3.63) is 121 Å². The first kappa shape index (κ1) is 27.7. The van der Waals surface area contributed by atoms with Crippen LogP contribution in [0.1, 0.15) is 43.5 Å². The Balaban J connectivity index is 1.74. The highest BCUT2D eigenvalue weighted by molar-refractivity contribution is 7.98. The first-order valence-electron chi connectivity index (χ1n) is 13.1. The fourth-order valence-corrected chi connectivity index (χ4v) is 6.02. The number of thiazole rings is 1. The number of fused-ring (bicyclic) bond motifs is 1. The number of hydrogen-bond donors (Lipinski definition) is 0. The summed E-state index contributed by atoms with van der Waals surface area (Å²) in [5, 5.41) is 0. The van der Waals surface area contributed by atoms with Gasteiger partial charge in [-0.25, -0.2) is 9.79 Å². The number of carbonyl (C=O) groups excluding carboxylic acids is 1. The fraction of sp³-hybridized carbons (Fsp3) is 0.219. The van der Waals surface area contributed by atoms with Gasteiger partial charge in [0.1, 0.15) is 5.75 Å². The molecule has 4 aromatic rings. The molecule has 6 nitrogen and oxygen atoms in total. The highest BCUT2D eigenvalue weighted by Crippen LogP contribution is 2.35. The van der Waals surface area contributed by atoms with E-state index in [9.17, 15) is 9.59 Å². The zero-order valence-corrected chi connectivity index (χ0v) is 24.4. The fourth-order valence-electron chi connectivity index (χ4n) is 4.61. The molecule has 0 bridgehead atoms. The Morgan fingerprint density at radius 1 is 1.05 bits per heavy atom. The normalized spacial score (nSPS) is 15.1. The topological polar surface area (TPSA) is 69.9 Å². The van der Waals surface area contributed by atoms with Gasteiger partial charge in [-0.3, -0.25) is 9.36 Å². The minimum absolute atomic E-state index is 0.0759. The van der Waals surface area contributed by atoms with Crippen LogP contribution in [-0.4, -0.2) is 29.5 Å². The number of esters is 1. The first-order chi connectivity index (χ1) is 19.4. The molecule has 0 aliphatic carbocycles. The van der Waals surface area contributed by atoms with Crippen molar-refractivity contribution < 1.29 is 14.3 Å². The van der Waals surface area contributed by atoms with E-state index in [-0.39, 0.29) is 18.3 Å². The zero-order chi connectivity index (χ0) is 28.2. The van der Waals surface area contributed by atoms with Crippen molar-refractivity contribution in [3.63, 3.8) is 0 Å². The average Bonchev–Trinajstić information content (AvgIpc) is 3.27. The minimum atomic E-state index is -0.689. The van der Waals surface area contributed by atoms with E-state index in [2.05, 4.69) is 0 Å². The van der Waals surface area contributed by atoms with Crippen molar-refractivity contribution in [2.75, 3.05) is 12.9 Å². The second-order valence-electron chi connectivity index (χ2n) is 9.44. The van der Waals surface area contributed by atoms with Crippen molar-refractivity contribution in [2.45, 2.75) is 37.8 Å². The Morgan fingerprint density at radius 3 is 2.38 bits per heavy atom. The minimum Gasteiger partial charge on any atom is -0.491 e. The van der Waals surface area contributed by atoms with Gasteiger partial charge in [-0.1, -0.05) is 65.9 Å². The summed E-state index contributed by atoms with van der Waals surface area (Å²) >= 11 is 2.94. The number of rotatable bonds is 8. The molecule has 40 heavy (non-hydrogen) atoms. The monoisotopic (exact) mass is 570 g/mol. The average molecular weight is 571 g/mol. The van der Waals surface area contributed by atoms with E-state index in [0.29, 0.717) is 20.6 Å². The number of ether oxygens (including phenoxy) is 2. The lowest BCUT2D eigenvalue weighted by atomic mass is 9.93. The number of aromatic nitrogens is 1. The smallest absolute Gasteiger partial charge is 0.338 e. The van der Waals surface area contributed by atoms with E-state index in [1.54, 1.807) is 23.3 Å². The summed E-state index contributed by atoms with van der Waals surface area (Å²) in [5.74, 6) is 0.285. The lowest BCUT2D eigenvalue weighted by molar-refractivity contribution is -0.138. The molecule has 8 heteroatoms. The van der Waals surface area contributed by atoms with E-state index in [1.807, 2.05) is 105 Å². The predicted octanol–water partition coefficient (Wildman–Crippen LogP) is 5.44. The quantitative estimate of drug-likeness (QED) is 0.208. The summed E-state index contributed by atoms with van der Waals surface area (Å²) in [6, 6.07) is 24.5. The van der Waals surface area contributed by atoms with Crippen LogP contribution in [0.3, 0.4) is 0 Å². The van der Waals surface area contributed by atoms with Gasteiger partial charge in [-0.15, -0.1) is 11.8 Å². The van der Waals surface area contributed by atoms with Gasteiger partial charge >= 0.3 is 5.97 Å². The van der Waals surface area contributed by atoms with Crippen LogP contribution in [0.15, 0.2) is 99.1 Å². The molecule has 0 unspecified atom stereocenters. The molecular weight excluding hydrogens is 540 g/mol. The van der Waals surface area contributed by atoms with Gasteiger partial charge in [0, 0.05) is 10.5 Å². The molecule has 0 saturated heterocycles. The molecule has 0 spiro atoms. The molecular formula is C32H30N2O4S2. The molecule has 0 saturated carbocycles. The standard InChI is InChI=1S/C32H30N2O4S2/c1-5-37-31(36)27-28(22-9-7-6-8-10-22)33-32-34(29(27)23-13-17-25(39-4)18-14-23)30(35)26(40-32)19-21-11-15-24(16-12-21)38-20(2)3/h6-20,29H,5H2,1-4H3/b26-19-/t29-/m1/s1. The maximum atomic E-state index is 14.0. The molecule has 3 aromatic carbocycles. The van der Waals surface area contributed by atoms with Crippen molar-refractivity contribution in [1.82, 2.24) is 4.57 Å². The number of nitrogens with zero attached hydrogens (tertiary/aromatic N) is 2. The van der Waals surface area contributed by atoms with Crippen LogP contribution in [0.25, 0.3) is 11.8 Å². The largest absolute Gasteiger partial charge is 0.491 e. The van der Waals surface area contributed by atoms with E-state index in [4.69, 9.17) is 14.5 Å². The molecule has 5 rings (SSSR count). The second kappa shape index (κ2) is 12.1. The first-order valence-corrected chi connectivity index (χ1v) is 15.1.